The van der Waals surface area contributed by atoms with Gasteiger partial charge in [-0.1, -0.05) is 30.3 Å². The van der Waals surface area contributed by atoms with Crippen LogP contribution in [0.15, 0.2) is 35.3 Å². The van der Waals surface area contributed by atoms with Crippen molar-refractivity contribution in [3.63, 3.8) is 0 Å². The van der Waals surface area contributed by atoms with E-state index in [2.05, 4.69) is 39.5 Å². The number of benzene rings is 1. The van der Waals surface area contributed by atoms with Crippen LogP contribution >= 0.6 is 0 Å². The Balaban J connectivity index is 1.65. The molecule has 4 heteroatoms. The van der Waals surface area contributed by atoms with Crippen LogP contribution in [0, 0.1) is 5.92 Å². The topological polar surface area (TPSA) is 44.7 Å². The number of fused-ring (bicyclic) bond motifs is 1. The number of nitrogens with one attached hydrogen (secondary N) is 1. The first-order valence-electron chi connectivity index (χ1n) is 6.41. The number of rotatable bonds is 2. The summed E-state index contributed by atoms with van der Waals surface area (Å²) in [6.45, 7) is 2.80. The fourth-order valence-corrected chi connectivity index (χ4v) is 2.74. The molecule has 1 saturated heterocycles. The molecule has 0 bridgehead atoms. The molecule has 2 aliphatic rings. The first kappa shape index (κ1) is 11.4. The molecule has 94 valence electrons. The largest absolute Gasteiger partial charge is 0.317 e. The minimum Gasteiger partial charge on any atom is -0.317 e. The van der Waals surface area contributed by atoms with Crippen molar-refractivity contribution in [3.05, 3.63) is 35.9 Å². The lowest BCUT2D eigenvalue weighted by molar-refractivity contribution is -0.126. The second-order valence-corrected chi connectivity index (χ2v) is 4.97. The van der Waals surface area contributed by atoms with Crippen molar-refractivity contribution in [3.8, 4) is 0 Å². The minimum atomic E-state index is 0.0713. The zero-order valence-electron chi connectivity index (χ0n) is 10.2. The molecule has 1 amide bonds. The Morgan fingerprint density at radius 2 is 2.17 bits per heavy atom. The third kappa shape index (κ3) is 2.29. The maximum absolute atomic E-state index is 11.7. The second-order valence-electron chi connectivity index (χ2n) is 4.97. The zero-order valence-corrected chi connectivity index (χ0v) is 10.2. The third-order valence-corrected chi connectivity index (χ3v) is 3.72. The van der Waals surface area contributed by atoms with Crippen LogP contribution in [0.25, 0.3) is 0 Å². The van der Waals surface area contributed by atoms with Crippen molar-refractivity contribution >= 4 is 12.2 Å². The molecule has 1 aromatic carbocycles. The van der Waals surface area contributed by atoms with Gasteiger partial charge in [0.2, 0.25) is 5.91 Å². The van der Waals surface area contributed by atoms with E-state index in [-0.39, 0.29) is 17.9 Å². The van der Waals surface area contributed by atoms with Gasteiger partial charge in [0, 0.05) is 13.1 Å². The number of hydrogen-bond donors (Lipinski definition) is 1. The first-order chi connectivity index (χ1) is 8.83. The van der Waals surface area contributed by atoms with E-state index in [9.17, 15) is 4.79 Å². The molecule has 0 spiro atoms. The molecule has 0 aliphatic carbocycles. The average Bonchev–Trinajstić information content (AvgIpc) is 2.40. The van der Waals surface area contributed by atoms with Gasteiger partial charge >= 0.3 is 0 Å². The molecule has 2 aliphatic heterocycles. The summed E-state index contributed by atoms with van der Waals surface area (Å²) in [7, 11) is 0. The van der Waals surface area contributed by atoms with Gasteiger partial charge < -0.3 is 5.32 Å². The highest BCUT2D eigenvalue weighted by Gasteiger charge is 2.35. The molecule has 0 saturated carbocycles. The standard InChI is InChI=1S/C14H17N3O/c18-14-12-6-7-17(9-13(12)15-10-16-14)8-11-4-2-1-3-5-11/h1-5,10,12-13H,6-9H2,(H,15,16,18). The maximum Gasteiger partial charge on any atom is 0.230 e. The number of nitrogens with zero attached hydrogens (tertiary/aromatic N) is 2. The number of carbonyl (C=O) groups excluding carboxylic acids is 1. The summed E-state index contributed by atoms with van der Waals surface area (Å²) in [6, 6.07) is 10.6. The van der Waals surface area contributed by atoms with E-state index >= 15 is 0 Å². The molecule has 2 atom stereocenters. The van der Waals surface area contributed by atoms with Crippen LogP contribution in [-0.4, -0.2) is 36.3 Å². The normalized spacial score (nSPS) is 27.7. The van der Waals surface area contributed by atoms with Gasteiger partial charge in [-0.2, -0.15) is 0 Å². The average molecular weight is 243 g/mol. The molecule has 0 aromatic heterocycles. The summed E-state index contributed by atoms with van der Waals surface area (Å²) in [5, 5.41) is 2.70. The second kappa shape index (κ2) is 4.90. The Labute approximate surface area is 107 Å². The molecular weight excluding hydrogens is 226 g/mol. The van der Waals surface area contributed by atoms with Crippen molar-refractivity contribution in [1.29, 1.82) is 0 Å². The van der Waals surface area contributed by atoms with Gasteiger partial charge in [0.25, 0.3) is 0 Å². The summed E-state index contributed by atoms with van der Waals surface area (Å²) in [4.78, 5) is 18.4. The van der Waals surface area contributed by atoms with Gasteiger partial charge in [-0.15, -0.1) is 0 Å². The first-order valence-corrected chi connectivity index (χ1v) is 6.41. The van der Waals surface area contributed by atoms with Crippen molar-refractivity contribution in [2.45, 2.75) is 19.0 Å². The Kier molecular flexibility index (Phi) is 3.11. The van der Waals surface area contributed by atoms with Crippen molar-refractivity contribution in [2.75, 3.05) is 13.1 Å². The van der Waals surface area contributed by atoms with E-state index in [1.165, 1.54) is 5.56 Å². The quantitative estimate of drug-likeness (QED) is 0.843. The van der Waals surface area contributed by atoms with Crippen LogP contribution in [0.3, 0.4) is 0 Å². The summed E-state index contributed by atoms with van der Waals surface area (Å²) >= 11 is 0. The van der Waals surface area contributed by atoms with Gasteiger partial charge in [-0.05, 0) is 18.5 Å². The molecule has 3 rings (SSSR count). The fraction of sp³-hybridized carbons (Fsp3) is 0.429. The van der Waals surface area contributed by atoms with E-state index in [0.29, 0.717) is 0 Å². The molecule has 2 heterocycles. The van der Waals surface area contributed by atoms with Crippen LogP contribution in [0.4, 0.5) is 0 Å². The number of likely N-dealkylation sites (tertiary alicyclic amines) is 1. The lowest BCUT2D eigenvalue weighted by atomic mass is 9.90. The van der Waals surface area contributed by atoms with Crippen LogP contribution in [0.5, 0.6) is 0 Å². The Morgan fingerprint density at radius 3 is 3.00 bits per heavy atom. The molecule has 0 radical (unpaired) electrons. The van der Waals surface area contributed by atoms with E-state index in [1.807, 2.05) is 6.07 Å². The Morgan fingerprint density at radius 1 is 1.33 bits per heavy atom. The highest BCUT2D eigenvalue weighted by atomic mass is 16.2. The Hall–Kier alpha value is -1.68. The Bertz CT molecular complexity index is 457. The van der Waals surface area contributed by atoms with Crippen LogP contribution in [0.2, 0.25) is 0 Å². The monoisotopic (exact) mass is 243 g/mol. The van der Waals surface area contributed by atoms with E-state index in [0.717, 1.165) is 26.1 Å². The number of aliphatic imine (C=N–C) groups is 1. The summed E-state index contributed by atoms with van der Waals surface area (Å²) in [6.07, 6.45) is 2.45. The summed E-state index contributed by atoms with van der Waals surface area (Å²) in [5.74, 6) is 0.205. The van der Waals surface area contributed by atoms with Gasteiger partial charge in [0.05, 0.1) is 18.3 Å². The van der Waals surface area contributed by atoms with E-state index < -0.39 is 0 Å². The lowest BCUT2D eigenvalue weighted by Crippen LogP contribution is -2.51. The van der Waals surface area contributed by atoms with Crippen LogP contribution in [-0.2, 0) is 11.3 Å². The summed E-state index contributed by atoms with van der Waals surface area (Å²) < 4.78 is 0. The van der Waals surface area contributed by atoms with Crippen LogP contribution in [0.1, 0.15) is 12.0 Å². The fourth-order valence-electron chi connectivity index (χ4n) is 2.74. The number of amides is 1. The van der Waals surface area contributed by atoms with Crippen molar-refractivity contribution in [1.82, 2.24) is 10.2 Å². The van der Waals surface area contributed by atoms with E-state index in [4.69, 9.17) is 0 Å². The van der Waals surface area contributed by atoms with Crippen molar-refractivity contribution in [2.24, 2.45) is 10.9 Å². The van der Waals surface area contributed by atoms with Gasteiger partial charge in [-0.3, -0.25) is 14.7 Å². The summed E-state index contributed by atoms with van der Waals surface area (Å²) in [5.41, 5.74) is 1.32. The predicted octanol–water partition coefficient (Wildman–Crippen LogP) is 1.04. The SMILES string of the molecule is O=C1NC=NC2CN(Cc3ccccc3)CCC12. The molecule has 2 unspecified atom stereocenters. The molecule has 1 aromatic rings. The molecule has 4 nitrogen and oxygen atoms in total. The van der Waals surface area contributed by atoms with Crippen LogP contribution < -0.4 is 5.32 Å². The highest BCUT2D eigenvalue weighted by molar-refractivity contribution is 5.91. The molecular formula is C14H17N3O. The van der Waals surface area contributed by atoms with Gasteiger partial charge in [-0.25, -0.2) is 0 Å². The zero-order chi connectivity index (χ0) is 12.4. The minimum absolute atomic E-state index is 0.0713. The predicted molar refractivity (Wildman–Crippen MR) is 70.2 cm³/mol. The molecule has 1 N–H and O–H groups in total. The van der Waals surface area contributed by atoms with Gasteiger partial charge in [0.1, 0.15) is 0 Å². The van der Waals surface area contributed by atoms with E-state index in [1.54, 1.807) is 6.34 Å². The molecule has 1 fully saturated rings. The number of carbonyl (C=O) groups is 1. The smallest absolute Gasteiger partial charge is 0.230 e. The van der Waals surface area contributed by atoms with Gasteiger partial charge in [0.15, 0.2) is 0 Å². The maximum atomic E-state index is 11.7. The highest BCUT2D eigenvalue weighted by Crippen LogP contribution is 2.23. The number of piperidine rings is 1. The third-order valence-electron chi connectivity index (χ3n) is 3.72. The van der Waals surface area contributed by atoms with Crippen molar-refractivity contribution < 1.29 is 4.79 Å². The lowest BCUT2D eigenvalue weighted by Gasteiger charge is -2.37. The number of hydrogen-bond acceptors (Lipinski definition) is 3. The molecule has 18 heavy (non-hydrogen) atoms.